The molecule has 0 bridgehead atoms. The molecule has 6 fully saturated rings. The van der Waals surface area contributed by atoms with E-state index >= 15 is 4.39 Å². The van der Waals surface area contributed by atoms with Crippen LogP contribution in [0.5, 0.6) is 0 Å². The van der Waals surface area contributed by atoms with Crippen molar-refractivity contribution in [3.63, 3.8) is 0 Å². The minimum Gasteiger partial charge on any atom is -0.442 e. The third kappa shape index (κ3) is 14.7. The van der Waals surface area contributed by atoms with Crippen molar-refractivity contribution >= 4 is 52.8 Å². The molecule has 1 aliphatic carbocycles. The van der Waals surface area contributed by atoms with E-state index in [2.05, 4.69) is 5.32 Å². The number of nitrogens with two attached hydrogens (primary N) is 6. The highest BCUT2D eigenvalue weighted by Gasteiger charge is 2.54. The minimum absolute atomic E-state index is 0.0229. The van der Waals surface area contributed by atoms with E-state index in [9.17, 15) is 45.0 Å². The van der Waals surface area contributed by atoms with Crippen molar-refractivity contribution < 1.29 is 82.6 Å². The molecule has 5 saturated heterocycles. The van der Waals surface area contributed by atoms with Gasteiger partial charge in [0.15, 0.2) is 18.9 Å². The normalized spacial score (nSPS) is 38.1. The zero-order valence-electron chi connectivity index (χ0n) is 42.6. The van der Waals surface area contributed by atoms with Gasteiger partial charge in [0.2, 0.25) is 11.8 Å². The molecule has 3 amide bonds. The highest BCUT2D eigenvalue weighted by atomic mass is 32.2. The summed E-state index contributed by atoms with van der Waals surface area (Å²) in [6.45, 7) is 3.18. The molecule has 0 aromatic heterocycles. The Kier molecular flexibility index (Phi) is 22.4. The molecule has 1 aromatic carbocycles. The van der Waals surface area contributed by atoms with Gasteiger partial charge in [0.25, 0.3) is 0 Å². The van der Waals surface area contributed by atoms with E-state index in [0.717, 1.165) is 31.4 Å². The molecular weight excluding hydrogens is 1040 g/mol. The molecule has 26 nitrogen and oxygen atoms in total. The van der Waals surface area contributed by atoms with Crippen LogP contribution in [0.1, 0.15) is 39.0 Å². The Morgan fingerprint density at radius 1 is 0.724 bits per heavy atom. The molecule has 19 N–H and O–H groups in total. The summed E-state index contributed by atoms with van der Waals surface area (Å²) in [6, 6.07) is 0.353. The topological polar surface area (TPSA) is 415 Å². The first-order valence-electron chi connectivity index (χ1n) is 26.0. The average Bonchev–Trinajstić information content (AvgIpc) is 3.93. The summed E-state index contributed by atoms with van der Waals surface area (Å²) in [4.78, 5) is 41.8. The maximum Gasteiger partial charge on any atom is 0.414 e. The first kappa shape index (κ1) is 60.8. The van der Waals surface area contributed by atoms with Gasteiger partial charge in [-0.25, -0.2) is 9.18 Å². The Hall–Kier alpha value is -2.86. The molecular formula is C47H79FN10O16S2. The number of piperazine rings is 1. The smallest absolute Gasteiger partial charge is 0.414 e. The molecule has 76 heavy (non-hydrogen) atoms. The minimum atomic E-state index is -1.54. The van der Waals surface area contributed by atoms with Crippen LogP contribution in [0.3, 0.4) is 0 Å². The molecule has 0 unspecified atom stereocenters. The van der Waals surface area contributed by atoms with Gasteiger partial charge in [0.05, 0.1) is 54.5 Å². The Bertz CT molecular complexity index is 2050. The highest BCUT2D eigenvalue weighted by molar-refractivity contribution is 8.00. The van der Waals surface area contributed by atoms with Crippen molar-refractivity contribution in [3.05, 3.63) is 24.0 Å². The van der Waals surface area contributed by atoms with Gasteiger partial charge in [-0.15, -0.1) is 0 Å². The van der Waals surface area contributed by atoms with E-state index in [1.807, 2.05) is 4.90 Å². The second-order valence-corrected chi connectivity index (χ2v) is 22.4. The van der Waals surface area contributed by atoms with E-state index in [1.54, 1.807) is 28.8 Å². The second-order valence-electron chi connectivity index (χ2n) is 20.2. The lowest BCUT2D eigenvalue weighted by Gasteiger charge is -2.47. The van der Waals surface area contributed by atoms with Crippen LogP contribution in [-0.4, -0.2) is 251 Å². The number of hydrogen-bond donors (Lipinski definition) is 13. The number of carbonyl (C=O) groups is 3. The average molecular weight is 1120 g/mol. The van der Waals surface area contributed by atoms with Crippen LogP contribution in [0, 0.1) is 5.82 Å². The molecule has 29 heteroatoms. The number of halogens is 1. The van der Waals surface area contributed by atoms with Crippen molar-refractivity contribution in [1.29, 1.82) is 0 Å². The fraction of sp³-hybridized carbons (Fsp3) is 0.809. The molecule has 20 atom stereocenters. The van der Waals surface area contributed by atoms with Gasteiger partial charge >= 0.3 is 6.09 Å². The number of nitrogens with one attached hydrogen (secondary N) is 1. The molecule has 0 radical (unpaired) electrons. The molecule has 6 aliphatic rings. The number of unbranched alkanes of at least 4 members (excludes halogenated alkanes) is 3. The van der Waals surface area contributed by atoms with Crippen molar-refractivity contribution in [3.8, 4) is 0 Å². The maximum atomic E-state index is 15.4. The summed E-state index contributed by atoms with van der Waals surface area (Å²) in [6.07, 6.45) is -16.8. The van der Waals surface area contributed by atoms with E-state index in [4.69, 9.17) is 67.6 Å². The number of aliphatic hydroxyl groups is 6. The van der Waals surface area contributed by atoms with Gasteiger partial charge in [0, 0.05) is 64.0 Å². The Morgan fingerprint density at radius 2 is 1.30 bits per heavy atom. The summed E-state index contributed by atoms with van der Waals surface area (Å²) in [5.74, 6) is 1.42. The molecule has 1 saturated carbocycles. The Balaban J connectivity index is 0.845. The predicted octanol–water partition coefficient (Wildman–Crippen LogP) is -4.91. The van der Waals surface area contributed by atoms with Gasteiger partial charge in [-0.2, -0.15) is 23.5 Å². The van der Waals surface area contributed by atoms with Crippen LogP contribution in [0.25, 0.3) is 0 Å². The number of rotatable bonds is 23. The summed E-state index contributed by atoms with van der Waals surface area (Å²) in [5, 5.41) is 68.0. The van der Waals surface area contributed by atoms with E-state index in [1.165, 1.54) is 29.7 Å². The number of benzene rings is 1. The largest absolute Gasteiger partial charge is 0.442 e. The summed E-state index contributed by atoms with van der Waals surface area (Å²) in [5.41, 5.74) is 37.5. The molecule has 432 valence electrons. The highest BCUT2D eigenvalue weighted by Crippen LogP contribution is 2.36. The van der Waals surface area contributed by atoms with Gasteiger partial charge < -0.3 is 113 Å². The summed E-state index contributed by atoms with van der Waals surface area (Å²) >= 11 is 3.11. The van der Waals surface area contributed by atoms with Crippen LogP contribution in [0.2, 0.25) is 0 Å². The summed E-state index contributed by atoms with van der Waals surface area (Å²) < 4.78 is 57.3. The third-order valence-corrected chi connectivity index (χ3v) is 16.9. The SMILES string of the molecule is CC(=O)NC[C@H]1CN(c2ccc(N3CCN(C(=O)CSCCCCCCSC[C@H]4O[C@@H](O[C@@H]5[C@@H](O)[C@H](N)C[C@H](N)[C@H]5O[C@H]5O[C@H](CN)[C@@H](O)[C@H](O)[C@H]5N)[C@H](O)[C@@H]4O[C@@H]4O[C@H](CN)[C@H](O)[C@@H](O)[C@@H]4N)CC3)c(F)c2)C(=O)O1. The van der Waals surface area contributed by atoms with E-state index in [0.29, 0.717) is 54.8 Å². The van der Waals surface area contributed by atoms with Gasteiger partial charge in [0.1, 0.15) is 73.0 Å². The molecule has 1 aromatic rings. The number of hydrogen-bond acceptors (Lipinski definition) is 25. The number of nitrogens with zero attached hydrogens (tertiary/aromatic N) is 3. The first-order valence-corrected chi connectivity index (χ1v) is 28.3. The van der Waals surface area contributed by atoms with Gasteiger partial charge in [-0.05, 0) is 49.0 Å². The fourth-order valence-corrected chi connectivity index (χ4v) is 12.1. The second kappa shape index (κ2) is 28.0. The lowest BCUT2D eigenvalue weighted by atomic mass is 9.84. The van der Waals surface area contributed by atoms with Gasteiger partial charge in [-0.1, -0.05) is 12.8 Å². The van der Waals surface area contributed by atoms with Crippen LogP contribution in [0.15, 0.2) is 18.2 Å². The van der Waals surface area contributed by atoms with Crippen LogP contribution in [0.4, 0.5) is 20.6 Å². The number of anilines is 2. The predicted molar refractivity (Wildman–Crippen MR) is 276 cm³/mol. The Morgan fingerprint density at radius 3 is 1.89 bits per heavy atom. The third-order valence-electron chi connectivity index (χ3n) is 14.7. The molecule has 5 aliphatic heterocycles. The van der Waals surface area contributed by atoms with Crippen LogP contribution >= 0.6 is 23.5 Å². The quantitative estimate of drug-likeness (QED) is 0.0457. The van der Waals surface area contributed by atoms with E-state index < -0.39 is 134 Å². The number of aliphatic hydroxyl groups excluding tert-OH is 6. The monoisotopic (exact) mass is 1120 g/mol. The lowest BCUT2D eigenvalue weighted by molar-refractivity contribution is -0.306. The van der Waals surface area contributed by atoms with Crippen LogP contribution < -0.4 is 49.5 Å². The number of carbonyl (C=O) groups excluding carboxylic acids is 3. The maximum absolute atomic E-state index is 15.4. The number of ether oxygens (including phenoxy) is 7. The molecule has 5 heterocycles. The van der Waals surface area contributed by atoms with Crippen molar-refractivity contribution in [2.24, 2.45) is 34.4 Å². The standard InChI is InChI=1S/C47H79FN10O16S2/c1-22(59)55-18-24-19-58(47(67)68-24)23-6-7-28(25(48)14-23)56-8-10-57(11-9-56)32(60)21-76-13-5-3-2-4-12-75-20-31-42(73-45-34(54)39(65)37(63)30(17-50)70-45)40(66)46(71-31)74-43-35(61)26(51)15-27(52)41(43)72-44-33(53)38(64)36(62)29(16-49)69-44/h6-7,14,24,26-27,29-31,33-46,61-66H,2-5,8-13,15-21,49-54H2,1H3,(H,55,59)/t24-,26+,27-,29+,30+,31+,33+,34-,35-,36+,37-,38+,39-,40+,41+,42+,43+,44+,45-,46-/m0/s1. The fourth-order valence-electron chi connectivity index (χ4n) is 10.2. The van der Waals surface area contributed by atoms with Gasteiger partial charge in [-0.3, -0.25) is 14.5 Å². The first-order chi connectivity index (χ1) is 36.3. The van der Waals surface area contributed by atoms with E-state index in [-0.39, 0.29) is 44.4 Å². The molecule has 7 rings (SSSR count). The number of amides is 3. The van der Waals surface area contributed by atoms with Crippen LogP contribution in [-0.2, 0) is 42.7 Å². The number of cyclic esters (lactones) is 1. The summed E-state index contributed by atoms with van der Waals surface area (Å²) in [7, 11) is 0. The zero-order chi connectivity index (χ0) is 55.0. The molecule has 0 spiro atoms. The van der Waals surface area contributed by atoms with Crippen molar-refractivity contribution in [2.75, 3.05) is 85.2 Å². The van der Waals surface area contributed by atoms with Crippen molar-refractivity contribution in [2.45, 2.75) is 161 Å². The zero-order valence-corrected chi connectivity index (χ0v) is 44.2. The lowest BCUT2D eigenvalue weighted by Crippen LogP contribution is -2.68. The Labute approximate surface area is 449 Å². The van der Waals surface area contributed by atoms with Crippen molar-refractivity contribution in [1.82, 2.24) is 10.2 Å². The number of thioether (sulfide) groups is 2.